The van der Waals surface area contributed by atoms with Crippen LogP contribution in [0, 0.1) is 6.92 Å². The van der Waals surface area contributed by atoms with Crippen LogP contribution in [0.2, 0.25) is 0 Å². The molecule has 0 saturated heterocycles. The lowest BCUT2D eigenvalue weighted by molar-refractivity contribution is -0.131. The van der Waals surface area contributed by atoms with Crippen LogP contribution in [0.5, 0.6) is 0 Å². The van der Waals surface area contributed by atoms with E-state index in [1.165, 1.54) is 5.56 Å². The molecule has 0 unspecified atom stereocenters. The number of carbonyl (C=O) groups excluding carboxylic acids is 2. The van der Waals surface area contributed by atoms with Crippen molar-refractivity contribution in [3.05, 3.63) is 70.8 Å². The maximum atomic E-state index is 12.7. The maximum absolute atomic E-state index is 12.7. The van der Waals surface area contributed by atoms with E-state index in [4.69, 9.17) is 5.73 Å². The van der Waals surface area contributed by atoms with Crippen molar-refractivity contribution >= 4 is 11.8 Å². The minimum Gasteiger partial charge on any atom is -0.366 e. The number of rotatable bonds is 6. The highest BCUT2D eigenvalue weighted by Crippen LogP contribution is 2.29. The molecule has 4 heteroatoms. The van der Waals surface area contributed by atoms with E-state index in [9.17, 15) is 9.59 Å². The quantitative estimate of drug-likeness (QED) is 0.889. The first-order valence-electron chi connectivity index (χ1n) is 8.26. The molecule has 2 N–H and O–H groups in total. The third-order valence-corrected chi connectivity index (χ3v) is 4.38. The van der Waals surface area contributed by atoms with Crippen molar-refractivity contribution in [2.75, 3.05) is 0 Å². The number of hydrogen-bond acceptors (Lipinski definition) is 2. The van der Waals surface area contributed by atoms with Crippen LogP contribution in [0.1, 0.15) is 39.9 Å². The molecule has 0 bridgehead atoms. The number of hydrogen-bond donors (Lipinski definition) is 1. The number of nitrogens with zero attached hydrogens (tertiary/aromatic N) is 1. The number of nitrogens with two attached hydrogens (primary N) is 1. The lowest BCUT2D eigenvalue weighted by Crippen LogP contribution is -2.33. The molecule has 0 heterocycles. The molecule has 24 heavy (non-hydrogen) atoms. The first-order chi connectivity index (χ1) is 11.5. The molecule has 0 aromatic heterocycles. The van der Waals surface area contributed by atoms with Crippen molar-refractivity contribution in [3.8, 4) is 0 Å². The van der Waals surface area contributed by atoms with Gasteiger partial charge in [-0.1, -0.05) is 42.0 Å². The van der Waals surface area contributed by atoms with Crippen molar-refractivity contribution in [2.24, 2.45) is 5.73 Å². The van der Waals surface area contributed by atoms with Crippen LogP contribution in [0.4, 0.5) is 0 Å². The van der Waals surface area contributed by atoms with Gasteiger partial charge in [-0.3, -0.25) is 9.59 Å². The molecule has 1 aliphatic carbocycles. The van der Waals surface area contributed by atoms with Gasteiger partial charge >= 0.3 is 0 Å². The fourth-order valence-electron chi connectivity index (χ4n) is 2.76. The highest BCUT2D eigenvalue weighted by atomic mass is 16.2. The Bertz CT molecular complexity index is 731. The van der Waals surface area contributed by atoms with Crippen molar-refractivity contribution < 1.29 is 9.59 Å². The van der Waals surface area contributed by atoms with Gasteiger partial charge in [-0.2, -0.15) is 0 Å². The summed E-state index contributed by atoms with van der Waals surface area (Å²) in [5, 5.41) is 0. The minimum atomic E-state index is -0.434. The van der Waals surface area contributed by atoms with E-state index in [1.807, 2.05) is 48.2 Å². The fourth-order valence-corrected chi connectivity index (χ4v) is 2.76. The Kier molecular flexibility index (Phi) is 4.65. The Morgan fingerprint density at radius 3 is 2.12 bits per heavy atom. The SMILES string of the molecule is Cc1ccc(CC(=O)N(Cc2ccc(C(N)=O)cc2)C2CC2)cc1. The summed E-state index contributed by atoms with van der Waals surface area (Å²) < 4.78 is 0. The first kappa shape index (κ1) is 16.2. The molecule has 0 spiro atoms. The predicted molar refractivity (Wildman–Crippen MR) is 93.4 cm³/mol. The van der Waals surface area contributed by atoms with E-state index in [0.717, 1.165) is 24.0 Å². The second-order valence-corrected chi connectivity index (χ2v) is 6.48. The highest BCUT2D eigenvalue weighted by Gasteiger charge is 2.32. The number of aryl methyl sites for hydroxylation is 1. The Labute approximate surface area is 142 Å². The zero-order valence-electron chi connectivity index (χ0n) is 13.9. The predicted octanol–water partition coefficient (Wildman–Crippen LogP) is 2.83. The van der Waals surface area contributed by atoms with Gasteiger partial charge in [0.25, 0.3) is 0 Å². The summed E-state index contributed by atoms with van der Waals surface area (Å²) in [6.45, 7) is 2.62. The molecular formula is C20H22N2O2. The van der Waals surface area contributed by atoms with Crippen molar-refractivity contribution in [2.45, 2.75) is 38.8 Å². The van der Waals surface area contributed by atoms with E-state index in [0.29, 0.717) is 24.6 Å². The molecule has 2 amide bonds. The number of primary amides is 1. The molecule has 124 valence electrons. The van der Waals surface area contributed by atoms with Crippen LogP contribution >= 0.6 is 0 Å². The van der Waals surface area contributed by atoms with Gasteiger partial charge in [-0.05, 0) is 43.0 Å². The first-order valence-corrected chi connectivity index (χ1v) is 8.26. The Hall–Kier alpha value is -2.62. The Morgan fingerprint density at radius 1 is 1.00 bits per heavy atom. The van der Waals surface area contributed by atoms with Gasteiger partial charge < -0.3 is 10.6 Å². The monoisotopic (exact) mass is 322 g/mol. The van der Waals surface area contributed by atoms with Gasteiger partial charge in [0, 0.05) is 18.2 Å². The number of benzene rings is 2. The van der Waals surface area contributed by atoms with Crippen molar-refractivity contribution in [3.63, 3.8) is 0 Å². The molecule has 2 aromatic carbocycles. The average Bonchev–Trinajstić information content (AvgIpc) is 3.40. The summed E-state index contributed by atoms with van der Waals surface area (Å²) in [4.78, 5) is 25.8. The Morgan fingerprint density at radius 2 is 1.58 bits per heavy atom. The topological polar surface area (TPSA) is 63.4 Å². The van der Waals surface area contributed by atoms with Gasteiger partial charge in [0.15, 0.2) is 0 Å². The van der Waals surface area contributed by atoms with Crippen molar-refractivity contribution in [1.82, 2.24) is 4.90 Å². The standard InChI is InChI=1S/C20H22N2O2/c1-14-2-4-15(5-3-14)12-19(23)22(18-10-11-18)13-16-6-8-17(9-7-16)20(21)24/h2-9,18H,10-13H2,1H3,(H2,21,24). The van der Waals surface area contributed by atoms with Crippen LogP contribution in [-0.4, -0.2) is 22.8 Å². The van der Waals surface area contributed by atoms with Crippen LogP contribution in [0.25, 0.3) is 0 Å². The molecule has 0 atom stereocenters. The van der Waals surface area contributed by atoms with Crippen LogP contribution in [-0.2, 0) is 17.8 Å². The largest absolute Gasteiger partial charge is 0.366 e. The second-order valence-electron chi connectivity index (χ2n) is 6.48. The summed E-state index contributed by atoms with van der Waals surface area (Å²) in [7, 11) is 0. The molecule has 3 rings (SSSR count). The molecule has 0 aliphatic heterocycles. The lowest BCUT2D eigenvalue weighted by atomic mass is 10.1. The van der Waals surface area contributed by atoms with E-state index in [-0.39, 0.29) is 5.91 Å². The minimum absolute atomic E-state index is 0.153. The molecule has 4 nitrogen and oxygen atoms in total. The van der Waals surface area contributed by atoms with Crippen molar-refractivity contribution in [1.29, 1.82) is 0 Å². The summed E-state index contributed by atoms with van der Waals surface area (Å²) in [5.74, 6) is -0.281. The van der Waals surface area contributed by atoms with Gasteiger partial charge in [0.1, 0.15) is 0 Å². The average molecular weight is 322 g/mol. The summed E-state index contributed by atoms with van der Waals surface area (Å²) >= 11 is 0. The third kappa shape index (κ3) is 4.02. The van der Waals surface area contributed by atoms with Gasteiger partial charge in [0.2, 0.25) is 11.8 Å². The van der Waals surface area contributed by atoms with Gasteiger partial charge in [-0.15, -0.1) is 0 Å². The fraction of sp³-hybridized carbons (Fsp3) is 0.300. The maximum Gasteiger partial charge on any atom is 0.248 e. The van der Waals surface area contributed by atoms with E-state index >= 15 is 0 Å². The summed E-state index contributed by atoms with van der Waals surface area (Å²) in [6, 6.07) is 15.6. The molecular weight excluding hydrogens is 300 g/mol. The van der Waals surface area contributed by atoms with Crippen LogP contribution < -0.4 is 5.73 Å². The van der Waals surface area contributed by atoms with E-state index in [2.05, 4.69) is 0 Å². The molecule has 1 fully saturated rings. The molecule has 1 aliphatic rings. The Balaban J connectivity index is 1.69. The zero-order chi connectivity index (χ0) is 17.1. The number of carbonyl (C=O) groups is 2. The van der Waals surface area contributed by atoms with Gasteiger partial charge in [-0.25, -0.2) is 0 Å². The van der Waals surface area contributed by atoms with E-state index < -0.39 is 5.91 Å². The summed E-state index contributed by atoms with van der Waals surface area (Å²) in [5.41, 5.74) is 9.01. The molecule has 0 radical (unpaired) electrons. The zero-order valence-corrected chi connectivity index (χ0v) is 13.9. The van der Waals surface area contributed by atoms with Crippen LogP contribution in [0.15, 0.2) is 48.5 Å². The molecule has 2 aromatic rings. The third-order valence-electron chi connectivity index (χ3n) is 4.38. The van der Waals surface area contributed by atoms with Crippen LogP contribution in [0.3, 0.4) is 0 Å². The second kappa shape index (κ2) is 6.87. The van der Waals surface area contributed by atoms with E-state index in [1.54, 1.807) is 12.1 Å². The smallest absolute Gasteiger partial charge is 0.248 e. The normalized spacial score (nSPS) is 13.5. The molecule has 1 saturated carbocycles. The number of amides is 2. The lowest BCUT2D eigenvalue weighted by Gasteiger charge is -2.23. The van der Waals surface area contributed by atoms with Gasteiger partial charge in [0.05, 0.1) is 6.42 Å². The summed E-state index contributed by atoms with van der Waals surface area (Å²) in [6.07, 6.45) is 2.56. The highest BCUT2D eigenvalue weighted by molar-refractivity contribution is 5.92.